The van der Waals surface area contributed by atoms with Crippen molar-refractivity contribution in [1.82, 2.24) is 15.6 Å². The SMILES string of the molecule is COC(=O)N[C@H](C(=O)Nc1cc(F)cnc1CC[C@@H]1CNC[C@@H](COc2ccc(C#N)cc2)O1)C(c1ccccc1)c1ccccc1. The number of nitrogens with one attached hydrogen (secondary N) is 3. The third-order valence-electron chi connectivity index (χ3n) is 7.84. The molecule has 3 N–H and O–H groups in total. The van der Waals surface area contributed by atoms with Crippen LogP contribution in [0, 0.1) is 17.1 Å². The summed E-state index contributed by atoms with van der Waals surface area (Å²) in [6.07, 6.45) is 0.883. The Balaban J connectivity index is 1.29. The molecule has 0 aliphatic carbocycles. The van der Waals surface area contributed by atoms with E-state index in [1.165, 1.54) is 13.2 Å². The van der Waals surface area contributed by atoms with Crippen LogP contribution in [0.5, 0.6) is 5.75 Å². The van der Waals surface area contributed by atoms with E-state index in [9.17, 15) is 14.0 Å². The number of carbonyl (C=O) groups is 2. The van der Waals surface area contributed by atoms with Gasteiger partial charge >= 0.3 is 6.09 Å². The minimum absolute atomic E-state index is 0.178. The molecule has 0 spiro atoms. The van der Waals surface area contributed by atoms with Gasteiger partial charge in [0.2, 0.25) is 5.91 Å². The fourth-order valence-corrected chi connectivity index (χ4v) is 5.52. The van der Waals surface area contributed by atoms with Gasteiger partial charge in [-0.15, -0.1) is 0 Å². The van der Waals surface area contributed by atoms with Crippen molar-refractivity contribution in [3.63, 3.8) is 0 Å². The number of amides is 2. The van der Waals surface area contributed by atoms with E-state index in [0.717, 1.165) is 17.3 Å². The van der Waals surface area contributed by atoms with E-state index in [-0.39, 0.29) is 17.9 Å². The van der Waals surface area contributed by atoms with E-state index in [4.69, 9.17) is 19.5 Å². The van der Waals surface area contributed by atoms with Gasteiger partial charge in [0.05, 0.1) is 42.4 Å². The lowest BCUT2D eigenvalue weighted by atomic mass is 9.84. The van der Waals surface area contributed by atoms with E-state index in [0.29, 0.717) is 49.5 Å². The second-order valence-electron chi connectivity index (χ2n) is 11.1. The number of halogens is 1. The molecule has 2 heterocycles. The zero-order valence-corrected chi connectivity index (χ0v) is 25.9. The largest absolute Gasteiger partial charge is 0.491 e. The van der Waals surface area contributed by atoms with Crippen LogP contribution in [-0.4, -0.2) is 62.0 Å². The van der Waals surface area contributed by atoms with Gasteiger partial charge in [-0.25, -0.2) is 9.18 Å². The van der Waals surface area contributed by atoms with Crippen molar-refractivity contribution in [3.8, 4) is 11.8 Å². The summed E-state index contributed by atoms with van der Waals surface area (Å²) in [7, 11) is 1.23. The van der Waals surface area contributed by atoms with Gasteiger partial charge in [0.15, 0.2) is 0 Å². The number of nitriles is 1. The minimum atomic E-state index is -1.11. The van der Waals surface area contributed by atoms with Crippen molar-refractivity contribution < 1.29 is 28.2 Å². The van der Waals surface area contributed by atoms with Crippen LogP contribution in [-0.2, 0) is 20.7 Å². The second-order valence-corrected chi connectivity index (χ2v) is 11.1. The summed E-state index contributed by atoms with van der Waals surface area (Å²) in [5, 5.41) is 17.9. The zero-order chi connectivity index (χ0) is 33.0. The Bertz CT molecular complexity index is 1630. The van der Waals surface area contributed by atoms with E-state index >= 15 is 0 Å². The summed E-state index contributed by atoms with van der Waals surface area (Å²) >= 11 is 0. The molecule has 0 radical (unpaired) electrons. The number of anilines is 1. The van der Waals surface area contributed by atoms with Crippen LogP contribution in [0.4, 0.5) is 14.9 Å². The molecule has 3 atom stereocenters. The van der Waals surface area contributed by atoms with Crippen LogP contribution in [0.1, 0.15) is 34.7 Å². The first-order valence-electron chi connectivity index (χ1n) is 15.3. The number of rotatable bonds is 12. The molecule has 0 bridgehead atoms. The Kier molecular flexibility index (Phi) is 11.5. The maximum atomic E-state index is 14.5. The highest BCUT2D eigenvalue weighted by atomic mass is 19.1. The average Bonchev–Trinajstić information content (AvgIpc) is 3.11. The van der Waals surface area contributed by atoms with Crippen LogP contribution < -0.4 is 20.7 Å². The van der Waals surface area contributed by atoms with Gasteiger partial charge in [-0.2, -0.15) is 5.26 Å². The number of aromatic nitrogens is 1. The van der Waals surface area contributed by atoms with Gasteiger partial charge in [-0.1, -0.05) is 60.7 Å². The van der Waals surface area contributed by atoms with Crippen LogP contribution in [0.2, 0.25) is 0 Å². The molecule has 11 heteroatoms. The number of methoxy groups -OCH3 is 1. The first-order valence-corrected chi connectivity index (χ1v) is 15.3. The first kappa shape index (κ1) is 33.1. The molecule has 242 valence electrons. The van der Waals surface area contributed by atoms with Gasteiger partial charge in [0, 0.05) is 25.1 Å². The highest BCUT2D eigenvalue weighted by molar-refractivity contribution is 5.98. The smallest absolute Gasteiger partial charge is 0.407 e. The number of aryl methyl sites for hydroxylation is 1. The summed E-state index contributed by atoms with van der Waals surface area (Å²) < 4.78 is 31.5. The molecule has 0 saturated carbocycles. The highest BCUT2D eigenvalue weighted by Crippen LogP contribution is 2.30. The normalized spacial score (nSPS) is 16.5. The van der Waals surface area contributed by atoms with Crippen molar-refractivity contribution in [1.29, 1.82) is 5.26 Å². The number of alkyl carbamates (subject to hydrolysis) is 1. The number of hydrogen-bond acceptors (Lipinski definition) is 8. The lowest BCUT2D eigenvalue weighted by molar-refractivity contribution is -0.118. The molecular formula is C36H36FN5O5. The zero-order valence-electron chi connectivity index (χ0n) is 25.9. The highest BCUT2D eigenvalue weighted by Gasteiger charge is 2.33. The third-order valence-corrected chi connectivity index (χ3v) is 7.84. The Hall–Kier alpha value is -5.31. The van der Waals surface area contributed by atoms with Crippen molar-refractivity contribution in [2.24, 2.45) is 0 Å². The predicted octanol–water partition coefficient (Wildman–Crippen LogP) is 4.96. The topological polar surface area (TPSA) is 135 Å². The molecule has 2 amide bonds. The van der Waals surface area contributed by atoms with E-state index in [1.807, 2.05) is 60.7 Å². The van der Waals surface area contributed by atoms with Crippen molar-refractivity contribution in [2.75, 3.05) is 32.1 Å². The predicted molar refractivity (Wildman–Crippen MR) is 173 cm³/mol. The summed E-state index contributed by atoms with van der Waals surface area (Å²) in [5.41, 5.74) is 2.84. The molecule has 10 nitrogen and oxygen atoms in total. The van der Waals surface area contributed by atoms with Gasteiger partial charge in [-0.3, -0.25) is 9.78 Å². The van der Waals surface area contributed by atoms with Gasteiger partial charge in [0.25, 0.3) is 0 Å². The lowest BCUT2D eigenvalue weighted by Crippen LogP contribution is -2.48. The molecule has 4 aromatic rings. The Morgan fingerprint density at radius 3 is 2.32 bits per heavy atom. The second kappa shape index (κ2) is 16.3. The fourth-order valence-electron chi connectivity index (χ4n) is 5.52. The number of ether oxygens (including phenoxy) is 3. The number of hydrogen-bond donors (Lipinski definition) is 3. The third kappa shape index (κ3) is 9.13. The molecule has 1 saturated heterocycles. The number of carbonyl (C=O) groups excluding carboxylic acids is 2. The number of benzene rings is 3. The molecular weight excluding hydrogens is 601 g/mol. The number of morpholine rings is 1. The molecule has 5 rings (SSSR count). The summed E-state index contributed by atoms with van der Waals surface area (Å²) in [4.78, 5) is 30.8. The maximum absolute atomic E-state index is 14.5. The van der Waals surface area contributed by atoms with Crippen LogP contribution in [0.15, 0.2) is 97.2 Å². The Morgan fingerprint density at radius 1 is 1.02 bits per heavy atom. The lowest BCUT2D eigenvalue weighted by Gasteiger charge is -2.31. The molecule has 1 fully saturated rings. The van der Waals surface area contributed by atoms with Crippen LogP contribution in [0.3, 0.4) is 0 Å². The van der Waals surface area contributed by atoms with Gasteiger partial charge in [0.1, 0.15) is 30.3 Å². The average molecular weight is 638 g/mol. The van der Waals surface area contributed by atoms with E-state index in [1.54, 1.807) is 24.3 Å². The number of nitrogens with zero attached hydrogens (tertiary/aromatic N) is 2. The quantitative estimate of drug-likeness (QED) is 0.199. The monoisotopic (exact) mass is 637 g/mol. The number of pyridine rings is 1. The standard InChI is InChI=1S/C36H36FN5O5/c1-45-36(44)42-34(33(25-8-4-2-5-9-25)26-10-6-3-7-11-26)35(43)41-32-18-27(37)20-40-31(32)17-16-29-21-39-22-30(47-29)23-46-28-14-12-24(19-38)13-15-28/h2-15,18,20,29-30,33-34,39H,16-17,21-23H2,1H3,(H,41,43)(H,42,44)/t29-,30+,34+/m1/s1. The van der Waals surface area contributed by atoms with Crippen LogP contribution >= 0.6 is 0 Å². The summed E-state index contributed by atoms with van der Waals surface area (Å²) in [6.45, 7) is 1.54. The van der Waals surface area contributed by atoms with E-state index in [2.05, 4.69) is 27.0 Å². The van der Waals surface area contributed by atoms with Crippen molar-refractivity contribution in [2.45, 2.75) is 37.0 Å². The Labute approximate surface area is 272 Å². The molecule has 0 unspecified atom stereocenters. The summed E-state index contributed by atoms with van der Waals surface area (Å²) in [5.74, 6) is -1.10. The molecule has 1 aliphatic heterocycles. The molecule has 1 aliphatic rings. The molecule has 47 heavy (non-hydrogen) atoms. The van der Waals surface area contributed by atoms with Gasteiger partial charge in [-0.05, 0) is 48.2 Å². The summed E-state index contributed by atoms with van der Waals surface area (Å²) in [6, 6.07) is 27.8. The Morgan fingerprint density at radius 2 is 1.68 bits per heavy atom. The van der Waals surface area contributed by atoms with Gasteiger partial charge < -0.3 is 30.2 Å². The molecule has 1 aromatic heterocycles. The minimum Gasteiger partial charge on any atom is -0.491 e. The van der Waals surface area contributed by atoms with Crippen molar-refractivity contribution >= 4 is 17.7 Å². The van der Waals surface area contributed by atoms with E-state index < -0.39 is 29.8 Å². The van der Waals surface area contributed by atoms with Crippen LogP contribution in [0.25, 0.3) is 0 Å². The maximum Gasteiger partial charge on any atom is 0.407 e. The molecule has 3 aromatic carbocycles. The fraction of sp³-hybridized carbons (Fsp3) is 0.278. The first-order chi connectivity index (χ1) is 22.9. The van der Waals surface area contributed by atoms with Crippen molar-refractivity contribution in [3.05, 3.63) is 125 Å².